The summed E-state index contributed by atoms with van der Waals surface area (Å²) in [6, 6.07) is 0. The molecular weight excluding hydrogens is 537 g/mol. The number of halogens is 1. The second kappa shape index (κ2) is 10.9. The molecule has 2 aromatic rings. The summed E-state index contributed by atoms with van der Waals surface area (Å²) in [4.78, 5) is 43.7. The van der Waals surface area contributed by atoms with E-state index in [-0.39, 0.29) is 17.5 Å². The summed E-state index contributed by atoms with van der Waals surface area (Å²) in [6.07, 6.45) is 1.62. The normalized spacial score (nSPS) is 29.2. The highest BCUT2D eigenvalue weighted by Gasteiger charge is 2.56. The number of nitrogens with zero attached hydrogens (tertiary/aromatic N) is 4. The van der Waals surface area contributed by atoms with Crippen LogP contribution in [0.5, 0.6) is 0 Å². The predicted molar refractivity (Wildman–Crippen MR) is 124 cm³/mol. The first-order valence-corrected chi connectivity index (χ1v) is 13.2. The highest BCUT2D eigenvalue weighted by atomic mass is 35.5. The monoisotopic (exact) mass is 561 g/mol. The van der Waals surface area contributed by atoms with Gasteiger partial charge in [-0.25, -0.2) is 14.8 Å². The average Bonchev–Trinajstić information content (AvgIpc) is 3.37. The van der Waals surface area contributed by atoms with E-state index in [0.29, 0.717) is 30.9 Å². The summed E-state index contributed by atoms with van der Waals surface area (Å²) < 4.78 is 34.3. The van der Waals surface area contributed by atoms with E-state index in [2.05, 4.69) is 25.0 Å². The van der Waals surface area contributed by atoms with Gasteiger partial charge in [-0.2, -0.15) is 4.98 Å². The Kier molecular flexibility index (Phi) is 8.17. The van der Waals surface area contributed by atoms with Crippen LogP contribution < -0.4 is 5.32 Å². The number of aliphatic hydroxyl groups excluding tert-OH is 1. The second-order valence-corrected chi connectivity index (χ2v) is 10.2. The highest BCUT2D eigenvalue weighted by Crippen LogP contribution is 2.44. The van der Waals surface area contributed by atoms with E-state index < -0.39 is 56.2 Å². The summed E-state index contributed by atoms with van der Waals surface area (Å²) in [5.41, 5.74) is -1.53. The first-order chi connectivity index (χ1) is 17.5. The first-order valence-electron chi connectivity index (χ1n) is 11.1. The van der Waals surface area contributed by atoms with Crippen molar-refractivity contribution in [1.82, 2.24) is 24.8 Å². The third-order valence-corrected chi connectivity index (χ3v) is 7.01. The molecule has 0 radical (unpaired) electrons. The van der Waals surface area contributed by atoms with Crippen molar-refractivity contribution in [3.05, 3.63) is 17.3 Å². The van der Waals surface area contributed by atoms with E-state index in [4.69, 9.17) is 32.2 Å². The van der Waals surface area contributed by atoms with Gasteiger partial charge in [0.1, 0.15) is 29.5 Å². The number of hydrogen-bond donors (Lipinski definition) is 5. The van der Waals surface area contributed by atoms with Gasteiger partial charge in [0, 0.05) is 13.1 Å². The molecule has 4 rings (SSSR count). The maximum atomic E-state index is 12.0. The summed E-state index contributed by atoms with van der Waals surface area (Å²) in [5.74, 6) is -1.56. The van der Waals surface area contributed by atoms with Gasteiger partial charge >= 0.3 is 13.6 Å². The molecule has 0 spiro atoms. The van der Waals surface area contributed by atoms with Gasteiger partial charge in [0.25, 0.3) is 5.85 Å². The average molecular weight is 562 g/mol. The van der Waals surface area contributed by atoms with Gasteiger partial charge < -0.3 is 44.3 Å². The molecule has 2 unspecified atom stereocenters. The van der Waals surface area contributed by atoms with Gasteiger partial charge in [0.05, 0.1) is 26.1 Å². The number of aliphatic hydroxyl groups is 2. The minimum absolute atomic E-state index is 0.128. The zero-order valence-corrected chi connectivity index (χ0v) is 21.1. The fourth-order valence-electron chi connectivity index (χ4n) is 4.07. The molecule has 5 N–H and O–H groups in total. The summed E-state index contributed by atoms with van der Waals surface area (Å²) in [5, 5.41) is 25.0. The minimum atomic E-state index is -5.12. The van der Waals surface area contributed by atoms with Crippen LogP contribution in [0.3, 0.4) is 0 Å². The topological polar surface area (TPSA) is 208 Å². The Morgan fingerprint density at radius 2 is 2.24 bits per heavy atom. The maximum absolute atomic E-state index is 12.0. The number of aromatic nitrogens is 4. The van der Waals surface area contributed by atoms with E-state index in [1.165, 1.54) is 17.8 Å². The minimum Gasteiger partial charge on any atom is -0.464 e. The van der Waals surface area contributed by atoms with Crippen molar-refractivity contribution in [1.29, 1.82) is 0 Å². The van der Waals surface area contributed by atoms with Crippen molar-refractivity contribution in [2.45, 2.75) is 42.9 Å². The number of morpholine rings is 1. The van der Waals surface area contributed by atoms with E-state index >= 15 is 0 Å². The van der Waals surface area contributed by atoms with Gasteiger partial charge in [-0.15, -0.1) is 6.42 Å². The quantitative estimate of drug-likeness (QED) is 0.112. The third kappa shape index (κ3) is 5.36. The lowest BCUT2D eigenvalue weighted by molar-refractivity contribution is -0.156. The molecule has 0 aliphatic carbocycles. The number of ether oxygens (including phenoxy) is 4. The summed E-state index contributed by atoms with van der Waals surface area (Å²) >= 11 is 6.15. The number of nitrogens with one attached hydrogen (secondary N) is 1. The van der Waals surface area contributed by atoms with E-state index in [1.54, 1.807) is 0 Å². The van der Waals surface area contributed by atoms with Crippen LogP contribution in [-0.2, 0) is 28.3 Å². The molecule has 17 heteroatoms. The highest BCUT2D eigenvalue weighted by molar-refractivity contribution is 7.53. The van der Waals surface area contributed by atoms with Crippen LogP contribution >= 0.6 is 19.2 Å². The molecular formula is C20H25ClN5O10P. The zero-order chi connectivity index (χ0) is 27.0. The van der Waals surface area contributed by atoms with Crippen molar-refractivity contribution in [2.75, 3.05) is 32.9 Å². The number of imidazole rings is 1. The van der Waals surface area contributed by atoms with Crippen molar-refractivity contribution in [3.63, 3.8) is 0 Å². The summed E-state index contributed by atoms with van der Waals surface area (Å²) in [7, 11) is -5.12. The van der Waals surface area contributed by atoms with Crippen molar-refractivity contribution in [3.8, 4) is 12.3 Å². The first kappa shape index (κ1) is 27.8. The lowest BCUT2D eigenvalue weighted by atomic mass is 9.93. The molecule has 0 aromatic carbocycles. The van der Waals surface area contributed by atoms with Crippen LogP contribution in [0.2, 0.25) is 5.28 Å². The molecule has 0 saturated carbocycles. The van der Waals surface area contributed by atoms with Crippen molar-refractivity contribution < 1.29 is 48.3 Å². The largest absolute Gasteiger partial charge is 0.464 e. The Bertz CT molecular complexity index is 1240. The lowest BCUT2D eigenvalue weighted by Gasteiger charge is -2.26. The van der Waals surface area contributed by atoms with Gasteiger partial charge in [-0.1, -0.05) is 5.92 Å². The molecule has 0 amide bonds. The molecule has 202 valence electrons. The zero-order valence-electron chi connectivity index (χ0n) is 19.4. The molecule has 37 heavy (non-hydrogen) atoms. The predicted octanol–water partition coefficient (Wildman–Crippen LogP) is -1.15. The number of rotatable bonds is 8. The van der Waals surface area contributed by atoms with E-state index in [9.17, 15) is 29.4 Å². The number of terminal acetylenes is 1. The third-order valence-electron chi connectivity index (χ3n) is 5.87. The van der Waals surface area contributed by atoms with Crippen LogP contribution in [0.1, 0.15) is 24.9 Å². The number of carbonyl (C=O) groups is 1. The van der Waals surface area contributed by atoms with Crippen LogP contribution in [-0.4, -0.2) is 102 Å². The van der Waals surface area contributed by atoms with Crippen molar-refractivity contribution >= 4 is 36.3 Å². The van der Waals surface area contributed by atoms with Gasteiger partial charge in [-0.3, -0.25) is 9.13 Å². The lowest BCUT2D eigenvalue weighted by Crippen LogP contribution is -2.48. The Morgan fingerprint density at radius 3 is 2.86 bits per heavy atom. The van der Waals surface area contributed by atoms with Gasteiger partial charge in [0.15, 0.2) is 17.5 Å². The molecule has 2 aliphatic rings. The molecule has 2 saturated heterocycles. The molecule has 2 fully saturated rings. The Morgan fingerprint density at radius 1 is 1.49 bits per heavy atom. The second-order valence-electron chi connectivity index (χ2n) is 8.22. The van der Waals surface area contributed by atoms with Gasteiger partial charge in [-0.05, 0) is 18.5 Å². The van der Waals surface area contributed by atoms with E-state index in [1.807, 2.05) is 5.92 Å². The number of esters is 1. The maximum Gasteiger partial charge on any atom is 0.365 e. The molecule has 4 heterocycles. The summed E-state index contributed by atoms with van der Waals surface area (Å²) in [6.45, 7) is 2.07. The molecule has 2 aromatic heterocycles. The van der Waals surface area contributed by atoms with Crippen LogP contribution in [0.15, 0.2) is 6.33 Å². The van der Waals surface area contributed by atoms with E-state index in [0.717, 1.165) is 0 Å². The molecule has 2 aliphatic heterocycles. The van der Waals surface area contributed by atoms with Crippen LogP contribution in [0, 0.1) is 12.3 Å². The Balaban J connectivity index is 1.63. The smallest absolute Gasteiger partial charge is 0.365 e. The standard InChI is InChI=1S/C20H25ClN5O10P/c1-3-20(29)11(8-35-18(37(30,31)32)17(28)33-4-2)36-16(14(20)27)26-9-23-13-12(10-7-22-5-6-34-10)24-19(21)25-15(13)26/h1,9-11,14,16,18,22,27,29H,4-8H2,2H3,(H2,30,31,32)/t10?,11-,14+,16-,18?,20-/m1/s1. The molecule has 0 bridgehead atoms. The number of hydrogen-bond acceptors (Lipinski definition) is 12. The van der Waals surface area contributed by atoms with Crippen LogP contribution in [0.25, 0.3) is 11.2 Å². The Hall–Kier alpha value is -2.22. The number of carbonyl (C=O) groups excluding carboxylic acids is 1. The van der Waals surface area contributed by atoms with Crippen molar-refractivity contribution in [2.24, 2.45) is 0 Å². The fourth-order valence-corrected chi connectivity index (χ4v) is 4.87. The number of fused-ring (bicyclic) bond motifs is 1. The van der Waals surface area contributed by atoms with Gasteiger partial charge in [0.2, 0.25) is 5.28 Å². The fraction of sp³-hybridized carbons (Fsp3) is 0.600. The van der Waals surface area contributed by atoms with Crippen LogP contribution in [0.4, 0.5) is 0 Å². The molecule has 15 nitrogen and oxygen atoms in total. The molecule has 6 atom stereocenters. The SMILES string of the molecule is C#C[C@@]1(O)[C@@H](COC(C(=O)OCC)P(=O)(O)O)O[C@@H](n2cnc3c(C4CNCCO4)nc(Cl)nc32)[C@@H]1O. The Labute approximate surface area is 215 Å².